The molecule has 0 aromatic heterocycles. The lowest BCUT2D eigenvalue weighted by Gasteiger charge is -2.11. The summed E-state index contributed by atoms with van der Waals surface area (Å²) < 4.78 is 24.1. The molecule has 0 saturated carbocycles. The van der Waals surface area contributed by atoms with Gasteiger partial charge in [-0.05, 0) is 19.1 Å². The third-order valence-electron chi connectivity index (χ3n) is 2.57. The summed E-state index contributed by atoms with van der Waals surface area (Å²) in [7, 11) is -1.17. The number of hydrogen-bond donors (Lipinski definition) is 2. The Kier molecular flexibility index (Phi) is 4.76. The molecule has 7 heteroatoms. The summed E-state index contributed by atoms with van der Waals surface area (Å²) in [6.45, 7) is 2.38. The fourth-order valence-corrected chi connectivity index (χ4v) is 1.92. The molecule has 0 bridgehead atoms. The Morgan fingerprint density at radius 3 is 2.88 bits per heavy atom. The first-order chi connectivity index (χ1) is 7.69. The molecule has 1 heterocycles. The van der Waals surface area contributed by atoms with E-state index in [1.165, 1.54) is 12.1 Å². The number of rotatable bonds is 3. The quantitative estimate of drug-likeness (QED) is 0.771. The van der Waals surface area contributed by atoms with E-state index in [9.17, 15) is 9.41 Å². The maximum Gasteiger partial charge on any atom is 0.495 e. The van der Waals surface area contributed by atoms with Gasteiger partial charge in [0.05, 0.1) is 12.7 Å². The van der Waals surface area contributed by atoms with Crippen LogP contribution < -0.4 is 15.9 Å². The fraction of sp³-hybridized carbons (Fsp3) is 0.400. The Morgan fingerprint density at radius 2 is 2.29 bits per heavy atom. The van der Waals surface area contributed by atoms with E-state index in [1.807, 2.05) is 6.92 Å². The molecule has 1 aromatic rings. The van der Waals surface area contributed by atoms with Crippen LogP contribution >= 0.6 is 12.4 Å². The predicted molar refractivity (Wildman–Crippen MR) is 65.3 cm³/mol. The van der Waals surface area contributed by atoms with Gasteiger partial charge in [0.2, 0.25) is 0 Å². The molecule has 1 aromatic carbocycles. The molecule has 0 saturated heterocycles. The Balaban J connectivity index is 0.00000144. The second-order valence-corrected chi connectivity index (χ2v) is 3.52. The second-order valence-electron chi connectivity index (χ2n) is 3.52. The van der Waals surface area contributed by atoms with Gasteiger partial charge in [0, 0.05) is 17.6 Å². The van der Waals surface area contributed by atoms with Crippen LogP contribution in [0.1, 0.15) is 18.6 Å². The molecule has 0 aliphatic carbocycles. The van der Waals surface area contributed by atoms with Gasteiger partial charge in [-0.1, -0.05) is 0 Å². The summed E-state index contributed by atoms with van der Waals surface area (Å²) in [5.74, 6) is 0.0211. The SMILES string of the molecule is CCOc1ccc(F)c2c1B(O)O[C@H]2CN.Cl. The Bertz CT molecular complexity index is 407. The average molecular weight is 261 g/mol. The van der Waals surface area contributed by atoms with Crippen molar-refractivity contribution in [2.24, 2.45) is 5.73 Å². The number of nitrogens with two attached hydrogens (primary N) is 1. The van der Waals surface area contributed by atoms with Crippen LogP contribution in [-0.4, -0.2) is 25.3 Å². The Hall–Kier alpha value is -0.815. The zero-order chi connectivity index (χ0) is 11.7. The van der Waals surface area contributed by atoms with E-state index >= 15 is 0 Å². The smallest absolute Gasteiger partial charge is 0.494 e. The van der Waals surface area contributed by atoms with E-state index in [0.717, 1.165) is 0 Å². The van der Waals surface area contributed by atoms with Crippen molar-refractivity contribution < 1.29 is 18.8 Å². The number of fused-ring (bicyclic) bond motifs is 1. The summed E-state index contributed by atoms with van der Waals surface area (Å²) in [6.07, 6.45) is -0.606. The van der Waals surface area contributed by atoms with E-state index in [4.69, 9.17) is 15.1 Å². The summed E-state index contributed by atoms with van der Waals surface area (Å²) >= 11 is 0. The highest BCUT2D eigenvalue weighted by Crippen LogP contribution is 2.29. The maximum atomic E-state index is 13.6. The first-order valence-electron chi connectivity index (χ1n) is 5.17. The number of benzene rings is 1. The third kappa shape index (κ3) is 2.40. The van der Waals surface area contributed by atoms with Gasteiger partial charge in [-0.3, -0.25) is 0 Å². The first kappa shape index (κ1) is 14.2. The van der Waals surface area contributed by atoms with E-state index in [1.54, 1.807) is 0 Å². The highest BCUT2D eigenvalue weighted by molar-refractivity contribution is 6.62. The van der Waals surface area contributed by atoms with Crippen LogP contribution in [0, 0.1) is 5.82 Å². The zero-order valence-corrected chi connectivity index (χ0v) is 10.2. The molecule has 4 nitrogen and oxygen atoms in total. The standard InChI is InChI=1S/C10H13BFNO3.ClH/c1-2-15-7-4-3-6(12)9-8(5-13)16-11(14)10(7)9;/h3-4,8,14H,2,5,13H2,1H3;1H/t8-;/m0./s1. The van der Waals surface area contributed by atoms with Crippen LogP contribution in [-0.2, 0) is 4.65 Å². The molecule has 3 N–H and O–H groups in total. The Morgan fingerprint density at radius 1 is 1.59 bits per heavy atom. The molecule has 0 spiro atoms. The topological polar surface area (TPSA) is 64.7 Å². The number of halogens is 2. The molecule has 2 rings (SSSR count). The van der Waals surface area contributed by atoms with Crippen molar-refractivity contribution in [1.82, 2.24) is 0 Å². The normalized spacial score (nSPS) is 17.6. The van der Waals surface area contributed by atoms with E-state index < -0.39 is 19.0 Å². The molecule has 1 aliphatic heterocycles. The lowest BCUT2D eigenvalue weighted by molar-refractivity contribution is 0.194. The maximum absolute atomic E-state index is 13.6. The van der Waals surface area contributed by atoms with Crippen LogP contribution in [0.3, 0.4) is 0 Å². The third-order valence-corrected chi connectivity index (χ3v) is 2.57. The Labute approximate surface area is 105 Å². The van der Waals surface area contributed by atoms with Gasteiger partial charge in [0.25, 0.3) is 0 Å². The number of ether oxygens (including phenoxy) is 1. The minimum absolute atomic E-state index is 0. The largest absolute Gasteiger partial charge is 0.495 e. The molecule has 0 fully saturated rings. The molecule has 0 amide bonds. The number of hydrogen-bond acceptors (Lipinski definition) is 4. The molecule has 0 radical (unpaired) electrons. The van der Waals surface area contributed by atoms with E-state index in [0.29, 0.717) is 23.4 Å². The van der Waals surface area contributed by atoms with Gasteiger partial charge in [0.1, 0.15) is 11.6 Å². The zero-order valence-electron chi connectivity index (χ0n) is 9.35. The van der Waals surface area contributed by atoms with Crippen LogP contribution in [0.4, 0.5) is 4.39 Å². The summed E-state index contributed by atoms with van der Waals surface area (Å²) in [4.78, 5) is 0. The second kappa shape index (κ2) is 5.68. The fourth-order valence-electron chi connectivity index (χ4n) is 1.92. The van der Waals surface area contributed by atoms with Crippen LogP contribution in [0.25, 0.3) is 0 Å². The van der Waals surface area contributed by atoms with Crippen molar-refractivity contribution >= 4 is 25.0 Å². The van der Waals surface area contributed by atoms with Gasteiger partial charge < -0.3 is 20.1 Å². The monoisotopic (exact) mass is 261 g/mol. The molecule has 1 aliphatic rings. The van der Waals surface area contributed by atoms with Crippen molar-refractivity contribution in [3.8, 4) is 5.75 Å². The molecule has 0 unspecified atom stereocenters. The van der Waals surface area contributed by atoms with Crippen LogP contribution in [0.2, 0.25) is 0 Å². The van der Waals surface area contributed by atoms with Gasteiger partial charge >= 0.3 is 7.12 Å². The van der Waals surface area contributed by atoms with Crippen molar-refractivity contribution in [2.75, 3.05) is 13.2 Å². The first-order valence-corrected chi connectivity index (χ1v) is 5.17. The minimum Gasteiger partial charge on any atom is -0.494 e. The van der Waals surface area contributed by atoms with E-state index in [2.05, 4.69) is 0 Å². The molecule has 17 heavy (non-hydrogen) atoms. The van der Waals surface area contributed by atoms with Crippen molar-refractivity contribution in [3.05, 3.63) is 23.5 Å². The van der Waals surface area contributed by atoms with Crippen molar-refractivity contribution in [1.29, 1.82) is 0 Å². The average Bonchev–Trinajstić information content (AvgIpc) is 2.61. The lowest BCUT2D eigenvalue weighted by Crippen LogP contribution is -2.30. The van der Waals surface area contributed by atoms with Crippen molar-refractivity contribution in [3.63, 3.8) is 0 Å². The lowest BCUT2D eigenvalue weighted by atomic mass is 9.78. The van der Waals surface area contributed by atoms with Crippen molar-refractivity contribution in [2.45, 2.75) is 13.0 Å². The minimum atomic E-state index is -1.17. The highest BCUT2D eigenvalue weighted by Gasteiger charge is 2.39. The predicted octanol–water partition coefficient (Wildman–Crippen LogP) is 0.364. The van der Waals surface area contributed by atoms with E-state index in [-0.39, 0.29) is 19.0 Å². The van der Waals surface area contributed by atoms with Crippen LogP contribution in [0.5, 0.6) is 5.75 Å². The van der Waals surface area contributed by atoms with Gasteiger partial charge in [-0.2, -0.15) is 0 Å². The molecule has 94 valence electrons. The van der Waals surface area contributed by atoms with Gasteiger partial charge in [-0.25, -0.2) is 4.39 Å². The van der Waals surface area contributed by atoms with Crippen LogP contribution in [0.15, 0.2) is 12.1 Å². The molecule has 1 atom stereocenters. The molecular weight excluding hydrogens is 247 g/mol. The molecular formula is C10H14BClFNO3. The van der Waals surface area contributed by atoms with Gasteiger partial charge in [-0.15, -0.1) is 12.4 Å². The summed E-state index contributed by atoms with van der Waals surface area (Å²) in [5, 5.41) is 9.69. The summed E-state index contributed by atoms with van der Waals surface area (Å²) in [6, 6.07) is 2.79. The summed E-state index contributed by atoms with van der Waals surface area (Å²) in [5.41, 5.74) is 6.13. The highest BCUT2D eigenvalue weighted by atomic mass is 35.5. The van der Waals surface area contributed by atoms with Gasteiger partial charge in [0.15, 0.2) is 0 Å².